The molecule has 2 heterocycles. The summed E-state index contributed by atoms with van der Waals surface area (Å²) >= 11 is 1.10. The van der Waals surface area contributed by atoms with Crippen molar-refractivity contribution in [1.82, 2.24) is 9.99 Å². The third-order valence-electron chi connectivity index (χ3n) is 5.28. The summed E-state index contributed by atoms with van der Waals surface area (Å²) in [4.78, 5) is 12.8. The fourth-order valence-electron chi connectivity index (χ4n) is 3.68. The van der Waals surface area contributed by atoms with Crippen LogP contribution in [0.25, 0.3) is 5.69 Å². The molecule has 0 saturated carbocycles. The number of hydrogen-bond donors (Lipinski definition) is 2. The Labute approximate surface area is 202 Å². The number of carbonyl (C=O) groups is 1. The molecule has 0 fully saturated rings. The number of hydrogen-bond acceptors (Lipinski definition) is 5. The summed E-state index contributed by atoms with van der Waals surface area (Å²) in [7, 11) is -3.78. The highest BCUT2D eigenvalue weighted by atomic mass is 32.2. The van der Waals surface area contributed by atoms with Gasteiger partial charge in [-0.1, -0.05) is 30.3 Å². The number of hydrazone groups is 1. The van der Waals surface area contributed by atoms with Crippen molar-refractivity contribution in [2.75, 3.05) is 4.72 Å². The van der Waals surface area contributed by atoms with Gasteiger partial charge in [0.25, 0.3) is 15.9 Å². The van der Waals surface area contributed by atoms with Crippen LogP contribution in [-0.2, 0) is 10.0 Å². The number of para-hydroxylation sites is 1. The van der Waals surface area contributed by atoms with Crippen LogP contribution in [0.3, 0.4) is 0 Å². The number of benzene rings is 2. The SMILES string of the molecule is Cc1cccc(-n2c(C)cc(/C=N\NC(=O)c3ccccc3NS(=O)(=O)c3cccs3)c2C)c1. The molecule has 1 amide bonds. The van der Waals surface area contributed by atoms with Crippen LogP contribution in [0.1, 0.15) is 32.9 Å². The minimum Gasteiger partial charge on any atom is -0.318 e. The number of nitrogens with one attached hydrogen (secondary N) is 2. The Morgan fingerprint density at radius 3 is 2.53 bits per heavy atom. The van der Waals surface area contributed by atoms with E-state index >= 15 is 0 Å². The predicted octanol–water partition coefficient (Wildman–Crippen LogP) is 5.03. The lowest BCUT2D eigenvalue weighted by Gasteiger charge is -2.11. The van der Waals surface area contributed by atoms with Crippen molar-refractivity contribution in [3.63, 3.8) is 0 Å². The first-order valence-corrected chi connectivity index (χ1v) is 12.9. The number of carbonyl (C=O) groups excluding carboxylic acids is 1. The number of anilines is 1. The summed E-state index contributed by atoms with van der Waals surface area (Å²) in [6.07, 6.45) is 1.59. The van der Waals surface area contributed by atoms with Gasteiger partial charge in [0.1, 0.15) is 4.21 Å². The Kier molecular flexibility index (Phi) is 6.67. The van der Waals surface area contributed by atoms with E-state index in [0.29, 0.717) is 0 Å². The average molecular weight is 493 g/mol. The van der Waals surface area contributed by atoms with E-state index in [0.717, 1.165) is 34.0 Å². The second-order valence-electron chi connectivity index (χ2n) is 7.78. The second kappa shape index (κ2) is 9.66. The molecule has 4 aromatic rings. The highest BCUT2D eigenvalue weighted by Crippen LogP contribution is 2.23. The van der Waals surface area contributed by atoms with Crippen LogP contribution in [-0.4, -0.2) is 25.1 Å². The zero-order valence-corrected chi connectivity index (χ0v) is 20.6. The summed E-state index contributed by atoms with van der Waals surface area (Å²) in [5, 5.41) is 5.80. The lowest BCUT2D eigenvalue weighted by atomic mass is 10.2. The maximum atomic E-state index is 12.8. The van der Waals surface area contributed by atoms with E-state index in [9.17, 15) is 13.2 Å². The Bertz CT molecular complexity index is 1470. The Morgan fingerprint density at radius 1 is 1.00 bits per heavy atom. The fourth-order valence-corrected chi connectivity index (χ4v) is 5.76. The minimum absolute atomic E-state index is 0.171. The van der Waals surface area contributed by atoms with Gasteiger partial charge in [0, 0.05) is 22.6 Å². The predicted molar refractivity (Wildman–Crippen MR) is 137 cm³/mol. The van der Waals surface area contributed by atoms with Gasteiger partial charge in [-0.3, -0.25) is 9.52 Å². The zero-order chi connectivity index (χ0) is 24.3. The van der Waals surface area contributed by atoms with Gasteiger partial charge in [-0.2, -0.15) is 5.10 Å². The number of aromatic nitrogens is 1. The molecular formula is C25H24N4O3S2. The molecule has 2 aromatic heterocycles. The van der Waals surface area contributed by atoms with Crippen LogP contribution in [0.5, 0.6) is 0 Å². The lowest BCUT2D eigenvalue weighted by Crippen LogP contribution is -2.21. The molecule has 0 unspecified atom stereocenters. The first-order valence-electron chi connectivity index (χ1n) is 10.5. The molecule has 7 nitrogen and oxygen atoms in total. The van der Waals surface area contributed by atoms with Gasteiger partial charge in [0.15, 0.2) is 0 Å². The molecule has 2 aromatic carbocycles. The van der Waals surface area contributed by atoms with E-state index in [1.54, 1.807) is 41.9 Å². The van der Waals surface area contributed by atoms with E-state index in [4.69, 9.17) is 0 Å². The molecule has 2 N–H and O–H groups in total. The van der Waals surface area contributed by atoms with Crippen molar-refractivity contribution in [2.24, 2.45) is 5.10 Å². The first-order chi connectivity index (χ1) is 16.3. The summed E-state index contributed by atoms with van der Waals surface area (Å²) in [5.74, 6) is -0.520. The van der Waals surface area contributed by atoms with Crippen LogP contribution >= 0.6 is 11.3 Å². The largest absolute Gasteiger partial charge is 0.318 e. The van der Waals surface area contributed by atoms with Crippen molar-refractivity contribution in [1.29, 1.82) is 0 Å². The third kappa shape index (κ3) is 4.95. The average Bonchev–Trinajstić information content (AvgIpc) is 3.43. The van der Waals surface area contributed by atoms with Crippen LogP contribution < -0.4 is 10.1 Å². The van der Waals surface area contributed by atoms with Crippen molar-refractivity contribution >= 4 is 39.2 Å². The maximum absolute atomic E-state index is 12.8. The maximum Gasteiger partial charge on any atom is 0.273 e. The van der Waals surface area contributed by atoms with Crippen LogP contribution in [0.15, 0.2) is 81.4 Å². The van der Waals surface area contributed by atoms with Gasteiger partial charge in [0.05, 0.1) is 17.5 Å². The molecule has 0 aliphatic heterocycles. The van der Waals surface area contributed by atoms with E-state index in [2.05, 4.69) is 25.9 Å². The van der Waals surface area contributed by atoms with Gasteiger partial charge >= 0.3 is 0 Å². The van der Waals surface area contributed by atoms with E-state index in [1.165, 1.54) is 11.6 Å². The molecule has 174 valence electrons. The van der Waals surface area contributed by atoms with Crippen LogP contribution in [0.2, 0.25) is 0 Å². The Hall–Kier alpha value is -3.69. The molecule has 0 aliphatic rings. The van der Waals surface area contributed by atoms with Crippen molar-refractivity contribution in [3.05, 3.63) is 100 Å². The highest BCUT2D eigenvalue weighted by molar-refractivity contribution is 7.94. The van der Waals surface area contributed by atoms with Crippen molar-refractivity contribution in [3.8, 4) is 5.69 Å². The molecule has 0 radical (unpaired) electrons. The molecule has 0 bridgehead atoms. The lowest BCUT2D eigenvalue weighted by molar-refractivity contribution is 0.0956. The zero-order valence-electron chi connectivity index (χ0n) is 18.9. The molecular weight excluding hydrogens is 468 g/mol. The molecule has 0 atom stereocenters. The highest BCUT2D eigenvalue weighted by Gasteiger charge is 2.19. The van der Waals surface area contributed by atoms with Gasteiger partial charge in [-0.15, -0.1) is 11.3 Å². The number of aryl methyl sites for hydroxylation is 2. The summed E-state index contributed by atoms with van der Waals surface area (Å²) in [5.41, 5.74) is 7.99. The number of rotatable bonds is 7. The Balaban J connectivity index is 1.52. The first kappa shape index (κ1) is 23.5. The smallest absolute Gasteiger partial charge is 0.273 e. The third-order valence-corrected chi connectivity index (χ3v) is 8.04. The van der Waals surface area contributed by atoms with Crippen LogP contribution in [0, 0.1) is 20.8 Å². The second-order valence-corrected chi connectivity index (χ2v) is 10.6. The van der Waals surface area contributed by atoms with Gasteiger partial charge in [-0.05, 0) is 68.1 Å². The van der Waals surface area contributed by atoms with Gasteiger partial charge < -0.3 is 4.57 Å². The minimum atomic E-state index is -3.78. The van der Waals surface area contributed by atoms with Crippen molar-refractivity contribution < 1.29 is 13.2 Å². The van der Waals surface area contributed by atoms with Crippen LogP contribution in [0.4, 0.5) is 5.69 Å². The monoisotopic (exact) mass is 492 g/mol. The molecule has 0 aliphatic carbocycles. The normalized spacial score (nSPS) is 11.6. The standard InChI is InChI=1S/C25H24N4O3S2/c1-17-8-6-9-21(14-17)29-18(2)15-20(19(29)3)16-26-27-25(30)22-10-4-5-11-23(22)28-34(31,32)24-12-7-13-33-24/h4-16,28H,1-3H3,(H,27,30)/b26-16-. The molecule has 0 spiro atoms. The quantitative estimate of drug-likeness (QED) is 0.280. The van der Waals surface area contributed by atoms with Gasteiger partial charge in [-0.25, -0.2) is 13.8 Å². The number of thiophene rings is 1. The van der Waals surface area contributed by atoms with Crippen molar-refractivity contribution in [2.45, 2.75) is 25.0 Å². The molecule has 34 heavy (non-hydrogen) atoms. The van der Waals surface area contributed by atoms with E-state index in [1.807, 2.05) is 45.0 Å². The number of sulfonamides is 1. The summed E-state index contributed by atoms with van der Waals surface area (Å²) in [6.45, 7) is 6.06. The summed E-state index contributed by atoms with van der Waals surface area (Å²) < 4.78 is 30.0. The van der Waals surface area contributed by atoms with Gasteiger partial charge in [0.2, 0.25) is 0 Å². The topological polar surface area (TPSA) is 92.6 Å². The number of amides is 1. The summed E-state index contributed by atoms with van der Waals surface area (Å²) in [6, 6.07) is 19.8. The molecule has 9 heteroatoms. The molecule has 4 rings (SSSR count). The van der Waals surface area contributed by atoms with E-state index in [-0.39, 0.29) is 15.5 Å². The number of nitrogens with zero attached hydrogens (tertiary/aromatic N) is 2. The Morgan fingerprint density at radius 2 is 1.79 bits per heavy atom. The molecule has 0 saturated heterocycles. The van der Waals surface area contributed by atoms with E-state index < -0.39 is 15.9 Å². The fraction of sp³-hybridized carbons (Fsp3) is 0.120.